The van der Waals surface area contributed by atoms with E-state index in [1.54, 1.807) is 6.07 Å². The Kier molecular flexibility index (Phi) is 8.01. The molecule has 3 N–H and O–H groups in total. The molecule has 3 aromatic rings. The molecule has 1 amide bonds. The predicted octanol–water partition coefficient (Wildman–Crippen LogP) is 5.89. The fourth-order valence-electron chi connectivity index (χ4n) is 3.67. The van der Waals surface area contributed by atoms with E-state index in [1.807, 2.05) is 56.3 Å². The van der Waals surface area contributed by atoms with Gasteiger partial charge in [-0.3, -0.25) is 10.2 Å². The average Bonchev–Trinajstić information content (AvgIpc) is 3.28. The number of halogens is 1. The fourth-order valence-corrected chi connectivity index (χ4v) is 5.26. The largest absolute Gasteiger partial charge is 0.465 e. The van der Waals surface area contributed by atoms with Crippen LogP contribution in [0.15, 0.2) is 60.7 Å². The van der Waals surface area contributed by atoms with Gasteiger partial charge in [0.15, 0.2) is 5.17 Å². The predicted molar refractivity (Wildman–Crippen MR) is 135 cm³/mol. The number of carbonyl (C=O) groups excluding carboxylic acids is 2. The number of esters is 1. The highest BCUT2D eigenvalue weighted by molar-refractivity contribution is 8.24. The van der Waals surface area contributed by atoms with E-state index < -0.39 is 17.2 Å². The number of benzene rings is 2. The smallest absolute Gasteiger partial charge is 0.340 e. The number of amidine groups is 1. The summed E-state index contributed by atoms with van der Waals surface area (Å²) < 4.78 is 19.1. The number of carbonyl (C=O) groups is 2. The van der Waals surface area contributed by atoms with Crippen LogP contribution in [0.25, 0.3) is 10.4 Å². The molecule has 176 valence electrons. The van der Waals surface area contributed by atoms with Crippen molar-refractivity contribution in [1.82, 2.24) is 5.32 Å². The molecule has 0 aliphatic heterocycles. The number of thioether (sulfide) groups is 1. The Hall–Kier alpha value is -3.30. The third-order valence-electron chi connectivity index (χ3n) is 5.41. The lowest BCUT2D eigenvalue weighted by atomic mass is 9.73. The highest BCUT2D eigenvalue weighted by Gasteiger charge is 2.40. The molecule has 6 nitrogen and oxygen atoms in total. The van der Waals surface area contributed by atoms with Gasteiger partial charge in [0.05, 0.1) is 23.6 Å². The molecule has 0 radical (unpaired) electrons. The van der Waals surface area contributed by atoms with Crippen molar-refractivity contribution in [2.24, 2.45) is 5.41 Å². The first-order valence-corrected chi connectivity index (χ1v) is 12.0. The summed E-state index contributed by atoms with van der Waals surface area (Å²) in [4.78, 5) is 26.5. The van der Waals surface area contributed by atoms with Crippen molar-refractivity contribution in [3.8, 4) is 10.4 Å². The van der Waals surface area contributed by atoms with Gasteiger partial charge in [0.1, 0.15) is 5.82 Å². The normalized spacial score (nSPS) is 12.0. The SMILES string of the molecule is COC(=O)c1ccc(-c2ccc(C(c3ccccc3)C(C)(C)C(=O)NC(=N)SC=N)s2)cc1F. The summed E-state index contributed by atoms with van der Waals surface area (Å²) in [6, 6.07) is 17.7. The molecule has 34 heavy (non-hydrogen) atoms. The van der Waals surface area contributed by atoms with Crippen molar-refractivity contribution < 1.29 is 18.7 Å². The van der Waals surface area contributed by atoms with Crippen LogP contribution in [0.3, 0.4) is 0 Å². The highest BCUT2D eigenvalue weighted by Crippen LogP contribution is 2.45. The minimum atomic E-state index is -0.946. The summed E-state index contributed by atoms with van der Waals surface area (Å²) in [7, 11) is 1.20. The molecule has 0 bridgehead atoms. The average molecular weight is 498 g/mol. The zero-order valence-corrected chi connectivity index (χ0v) is 20.5. The van der Waals surface area contributed by atoms with Gasteiger partial charge in [0.25, 0.3) is 0 Å². The van der Waals surface area contributed by atoms with Gasteiger partial charge >= 0.3 is 5.97 Å². The summed E-state index contributed by atoms with van der Waals surface area (Å²) in [6.07, 6.45) is 0. The second kappa shape index (κ2) is 10.8. The molecule has 1 atom stereocenters. The topological polar surface area (TPSA) is 103 Å². The molecular weight excluding hydrogens is 473 g/mol. The second-order valence-corrected chi connectivity index (χ2v) is 9.97. The Balaban J connectivity index is 2.00. The Morgan fingerprint density at radius 1 is 1.15 bits per heavy atom. The zero-order chi connectivity index (χ0) is 24.9. The van der Waals surface area contributed by atoms with Crippen molar-refractivity contribution in [3.63, 3.8) is 0 Å². The molecule has 1 unspecified atom stereocenters. The van der Waals surface area contributed by atoms with E-state index in [-0.39, 0.29) is 22.6 Å². The maximum atomic E-state index is 14.5. The second-order valence-electron chi connectivity index (χ2n) is 7.97. The summed E-state index contributed by atoms with van der Waals surface area (Å²) in [5.41, 5.74) is 1.45. The molecule has 0 aliphatic rings. The van der Waals surface area contributed by atoms with E-state index in [0.717, 1.165) is 32.6 Å². The molecule has 1 heterocycles. The first-order valence-electron chi connectivity index (χ1n) is 10.3. The van der Waals surface area contributed by atoms with Crippen LogP contribution < -0.4 is 5.32 Å². The van der Waals surface area contributed by atoms with E-state index in [0.29, 0.717) is 5.56 Å². The minimum Gasteiger partial charge on any atom is -0.465 e. The number of rotatable bonds is 7. The number of methoxy groups -OCH3 is 1. The Morgan fingerprint density at radius 3 is 2.47 bits per heavy atom. The molecule has 0 spiro atoms. The lowest BCUT2D eigenvalue weighted by Gasteiger charge is -2.33. The first-order chi connectivity index (χ1) is 16.2. The van der Waals surface area contributed by atoms with Crippen LogP contribution in [-0.2, 0) is 9.53 Å². The molecule has 3 rings (SSSR count). The molecule has 0 fully saturated rings. The van der Waals surface area contributed by atoms with Crippen LogP contribution in [0, 0.1) is 22.1 Å². The van der Waals surface area contributed by atoms with Crippen molar-refractivity contribution in [1.29, 1.82) is 10.8 Å². The van der Waals surface area contributed by atoms with Crippen molar-refractivity contribution >= 4 is 45.7 Å². The Labute approximate surface area is 205 Å². The maximum absolute atomic E-state index is 14.5. The maximum Gasteiger partial charge on any atom is 0.340 e. The van der Waals surface area contributed by atoms with Crippen molar-refractivity contribution in [3.05, 3.63) is 82.5 Å². The lowest BCUT2D eigenvalue weighted by molar-refractivity contribution is -0.128. The number of ether oxygens (including phenoxy) is 1. The molecule has 0 saturated heterocycles. The van der Waals surface area contributed by atoms with Crippen LogP contribution in [-0.4, -0.2) is 29.7 Å². The minimum absolute atomic E-state index is 0.118. The fraction of sp³-hybridized carbons (Fsp3) is 0.200. The van der Waals surface area contributed by atoms with Gasteiger partial charge in [0, 0.05) is 15.7 Å². The van der Waals surface area contributed by atoms with Gasteiger partial charge in [-0.15, -0.1) is 11.3 Å². The van der Waals surface area contributed by atoms with E-state index in [9.17, 15) is 14.0 Å². The van der Waals surface area contributed by atoms with Crippen molar-refractivity contribution in [2.75, 3.05) is 7.11 Å². The van der Waals surface area contributed by atoms with Crippen molar-refractivity contribution in [2.45, 2.75) is 19.8 Å². The van der Waals surface area contributed by atoms with Gasteiger partial charge < -0.3 is 15.5 Å². The zero-order valence-electron chi connectivity index (χ0n) is 18.8. The van der Waals surface area contributed by atoms with Crippen LogP contribution in [0.2, 0.25) is 0 Å². The summed E-state index contributed by atoms with van der Waals surface area (Å²) in [5, 5.41) is 17.4. The summed E-state index contributed by atoms with van der Waals surface area (Å²) >= 11 is 2.25. The first kappa shape index (κ1) is 25.3. The third-order valence-corrected chi connectivity index (χ3v) is 7.07. The van der Waals surface area contributed by atoms with Gasteiger partial charge in [0.2, 0.25) is 5.91 Å². The monoisotopic (exact) mass is 497 g/mol. The molecular formula is C25H24FN3O3S2. The highest BCUT2D eigenvalue weighted by atomic mass is 32.2. The molecule has 0 aliphatic carbocycles. The number of hydrogen-bond donors (Lipinski definition) is 3. The van der Waals surface area contributed by atoms with Crippen LogP contribution >= 0.6 is 23.1 Å². The quantitative estimate of drug-likeness (QED) is 0.215. The van der Waals surface area contributed by atoms with Crippen LogP contribution in [0.5, 0.6) is 0 Å². The van der Waals surface area contributed by atoms with Gasteiger partial charge in [-0.25, -0.2) is 9.18 Å². The molecule has 9 heteroatoms. The number of hydrogen-bond acceptors (Lipinski definition) is 7. The lowest BCUT2D eigenvalue weighted by Crippen LogP contribution is -2.42. The van der Waals surface area contributed by atoms with Gasteiger partial charge in [-0.1, -0.05) is 50.2 Å². The Morgan fingerprint density at radius 2 is 1.85 bits per heavy atom. The van der Waals surface area contributed by atoms with Crippen LogP contribution in [0.4, 0.5) is 4.39 Å². The third kappa shape index (κ3) is 5.43. The standard InChI is InChI=1S/C25H24FN3O3S2/c1-25(2,23(31)29-24(28)33-14-27)21(15-7-5-4-6-8-15)20-12-11-19(34-20)16-9-10-17(18(26)13-16)22(30)32-3/h4-14,21,27H,1-3H3,(H2,28,29,31). The van der Waals surface area contributed by atoms with Crippen LogP contribution in [0.1, 0.15) is 40.6 Å². The molecule has 2 aromatic carbocycles. The number of amides is 1. The van der Waals surface area contributed by atoms with Gasteiger partial charge in [-0.2, -0.15) is 0 Å². The summed E-state index contributed by atoms with van der Waals surface area (Å²) in [6.45, 7) is 3.62. The molecule has 1 aromatic heterocycles. The van der Waals surface area contributed by atoms with Gasteiger partial charge in [-0.05, 0) is 47.2 Å². The number of thiophene rings is 1. The molecule has 0 saturated carbocycles. The Bertz CT molecular complexity index is 1230. The van der Waals surface area contributed by atoms with E-state index in [1.165, 1.54) is 30.6 Å². The van der Waals surface area contributed by atoms with E-state index in [4.69, 9.17) is 10.8 Å². The van der Waals surface area contributed by atoms with E-state index in [2.05, 4.69) is 10.1 Å². The summed E-state index contributed by atoms with van der Waals surface area (Å²) in [5.74, 6) is -2.09. The van der Waals surface area contributed by atoms with E-state index >= 15 is 0 Å². The number of nitrogens with one attached hydrogen (secondary N) is 3.